The summed E-state index contributed by atoms with van der Waals surface area (Å²) in [6.07, 6.45) is 1.18. The van der Waals surface area contributed by atoms with Gasteiger partial charge in [0.25, 0.3) is 0 Å². The third-order valence-electron chi connectivity index (χ3n) is 2.28. The van der Waals surface area contributed by atoms with Crippen LogP contribution in [-0.4, -0.2) is 25.0 Å². The van der Waals surface area contributed by atoms with Crippen molar-refractivity contribution in [3.63, 3.8) is 0 Å². The van der Waals surface area contributed by atoms with E-state index >= 15 is 0 Å². The van der Waals surface area contributed by atoms with Crippen LogP contribution in [0.1, 0.15) is 11.3 Å². The molecule has 0 fully saturated rings. The lowest BCUT2D eigenvalue weighted by atomic mass is 10.2. The van der Waals surface area contributed by atoms with Crippen molar-refractivity contribution in [3.8, 4) is 0 Å². The van der Waals surface area contributed by atoms with E-state index in [2.05, 4.69) is 10.2 Å². The Hall–Kier alpha value is -2.45. The maximum absolute atomic E-state index is 10.8. The van der Waals surface area contributed by atoms with Crippen LogP contribution in [0.5, 0.6) is 0 Å². The van der Waals surface area contributed by atoms with Crippen LogP contribution in [0, 0.1) is 0 Å². The molecular weight excluding hydrogens is 282 g/mol. The first kappa shape index (κ1) is 14.0. The number of rotatable bonds is 4. The van der Waals surface area contributed by atoms with E-state index in [0.29, 0.717) is 5.56 Å². The molecule has 1 heterocycles. The van der Waals surface area contributed by atoms with Crippen molar-refractivity contribution in [2.75, 3.05) is 0 Å². The van der Waals surface area contributed by atoms with Crippen LogP contribution in [0.2, 0.25) is 0 Å². The molecular formula is C12H11N3O4S. The van der Waals surface area contributed by atoms with Gasteiger partial charge in [-0.3, -0.25) is 4.55 Å². The highest BCUT2D eigenvalue weighted by molar-refractivity contribution is 7.85. The predicted octanol–water partition coefficient (Wildman–Crippen LogP) is 1.27. The first-order valence-electron chi connectivity index (χ1n) is 5.46. The Kier molecular flexibility index (Phi) is 3.97. The molecule has 0 atom stereocenters. The molecule has 1 aromatic heterocycles. The van der Waals surface area contributed by atoms with Gasteiger partial charge in [-0.15, -0.1) is 5.10 Å². The van der Waals surface area contributed by atoms with Gasteiger partial charge in [0.1, 0.15) is 5.76 Å². The molecule has 0 saturated heterocycles. The second kappa shape index (κ2) is 5.68. The number of benzene rings is 1. The number of furan rings is 1. The first-order chi connectivity index (χ1) is 9.47. The summed E-state index contributed by atoms with van der Waals surface area (Å²) in [7, 11) is -4.36. The van der Waals surface area contributed by atoms with Crippen molar-refractivity contribution in [2.24, 2.45) is 15.9 Å². The summed E-state index contributed by atoms with van der Waals surface area (Å²) in [6, 6.07) is 11.5. The largest absolute Gasteiger partial charge is 0.441 e. The molecule has 0 aliphatic rings. The average molecular weight is 293 g/mol. The topological polar surface area (TPSA) is 118 Å². The van der Waals surface area contributed by atoms with Crippen molar-refractivity contribution in [2.45, 2.75) is 5.09 Å². The number of nitrogens with two attached hydrogens (primary N) is 1. The van der Waals surface area contributed by atoms with Crippen molar-refractivity contribution >= 4 is 22.2 Å². The van der Waals surface area contributed by atoms with E-state index in [0.717, 1.165) is 6.07 Å². The Morgan fingerprint density at radius 1 is 1.20 bits per heavy atom. The van der Waals surface area contributed by atoms with Crippen molar-refractivity contribution in [3.05, 3.63) is 53.8 Å². The van der Waals surface area contributed by atoms with Crippen molar-refractivity contribution in [1.82, 2.24) is 0 Å². The van der Waals surface area contributed by atoms with Gasteiger partial charge in [0.15, 0.2) is 5.84 Å². The zero-order valence-electron chi connectivity index (χ0n) is 10.2. The first-order valence-corrected chi connectivity index (χ1v) is 6.90. The second-order valence-electron chi connectivity index (χ2n) is 3.73. The van der Waals surface area contributed by atoms with Crippen LogP contribution in [0.3, 0.4) is 0 Å². The molecule has 104 valence electrons. The lowest BCUT2D eigenvalue weighted by Crippen LogP contribution is -2.12. The maximum Gasteiger partial charge on any atom is 0.328 e. The van der Waals surface area contributed by atoms with E-state index in [-0.39, 0.29) is 11.6 Å². The van der Waals surface area contributed by atoms with Crippen LogP contribution in [0.15, 0.2) is 62.2 Å². The molecule has 2 aromatic rings. The minimum Gasteiger partial charge on any atom is -0.441 e. The van der Waals surface area contributed by atoms with Gasteiger partial charge < -0.3 is 10.2 Å². The SMILES string of the molecule is NC(=NN=Cc1ccc(S(=O)(=O)O)o1)c1ccccc1. The molecule has 8 heteroatoms. The van der Waals surface area contributed by atoms with Gasteiger partial charge >= 0.3 is 10.1 Å². The van der Waals surface area contributed by atoms with Crippen molar-refractivity contribution < 1.29 is 17.4 Å². The van der Waals surface area contributed by atoms with E-state index in [1.165, 1.54) is 12.3 Å². The summed E-state index contributed by atoms with van der Waals surface area (Å²) >= 11 is 0. The molecule has 20 heavy (non-hydrogen) atoms. The molecule has 0 saturated carbocycles. The smallest absolute Gasteiger partial charge is 0.328 e. The van der Waals surface area contributed by atoms with Gasteiger partial charge in [0.2, 0.25) is 5.09 Å². The predicted molar refractivity (Wildman–Crippen MR) is 73.3 cm³/mol. The van der Waals surface area contributed by atoms with E-state index < -0.39 is 15.2 Å². The molecule has 0 unspecified atom stereocenters. The van der Waals surface area contributed by atoms with Crippen LogP contribution in [0.4, 0.5) is 0 Å². The minimum absolute atomic E-state index is 0.127. The molecule has 0 bridgehead atoms. The lowest BCUT2D eigenvalue weighted by molar-refractivity contribution is 0.404. The fourth-order valence-corrected chi connectivity index (χ4v) is 1.80. The minimum atomic E-state index is -4.36. The summed E-state index contributed by atoms with van der Waals surface area (Å²) in [6.45, 7) is 0. The highest BCUT2D eigenvalue weighted by Crippen LogP contribution is 2.11. The van der Waals surface area contributed by atoms with Gasteiger partial charge in [-0.2, -0.15) is 13.5 Å². The number of amidine groups is 1. The molecule has 3 N–H and O–H groups in total. The van der Waals surface area contributed by atoms with Gasteiger partial charge in [0.05, 0.1) is 6.21 Å². The van der Waals surface area contributed by atoms with Gasteiger partial charge in [-0.05, 0) is 12.1 Å². The van der Waals surface area contributed by atoms with Crippen LogP contribution in [-0.2, 0) is 10.1 Å². The lowest BCUT2D eigenvalue weighted by Gasteiger charge is -1.96. The molecule has 0 radical (unpaired) electrons. The molecule has 2 rings (SSSR count). The molecule has 0 amide bonds. The summed E-state index contributed by atoms with van der Waals surface area (Å²) in [4.78, 5) is 0. The highest BCUT2D eigenvalue weighted by Gasteiger charge is 2.13. The summed E-state index contributed by atoms with van der Waals surface area (Å²) in [5.74, 6) is 0.339. The van der Waals surface area contributed by atoms with Crippen molar-refractivity contribution in [1.29, 1.82) is 0 Å². The number of hydrogen-bond acceptors (Lipinski definition) is 5. The summed E-state index contributed by atoms with van der Waals surface area (Å²) in [5, 5.41) is 6.88. The van der Waals surface area contributed by atoms with Gasteiger partial charge in [-0.1, -0.05) is 30.3 Å². The van der Waals surface area contributed by atoms with Crippen LogP contribution in [0.25, 0.3) is 0 Å². The van der Waals surface area contributed by atoms with E-state index in [1.54, 1.807) is 12.1 Å². The van der Waals surface area contributed by atoms with Crippen LogP contribution >= 0.6 is 0 Å². The van der Waals surface area contributed by atoms with Crippen LogP contribution < -0.4 is 5.73 Å². The Labute approximate surface area is 115 Å². The molecule has 0 spiro atoms. The Morgan fingerprint density at radius 3 is 2.50 bits per heavy atom. The van der Waals surface area contributed by atoms with Gasteiger partial charge in [-0.25, -0.2) is 0 Å². The normalized spacial score (nSPS) is 12.9. The quantitative estimate of drug-likeness (QED) is 0.381. The van der Waals surface area contributed by atoms with E-state index in [9.17, 15) is 8.42 Å². The fourth-order valence-electron chi connectivity index (χ4n) is 1.36. The number of nitrogens with zero attached hydrogens (tertiary/aromatic N) is 2. The maximum atomic E-state index is 10.8. The molecule has 1 aromatic carbocycles. The Balaban J connectivity index is 2.13. The average Bonchev–Trinajstić information content (AvgIpc) is 2.88. The standard InChI is InChI=1S/C12H11N3O4S/c13-12(9-4-2-1-3-5-9)15-14-8-10-6-7-11(19-10)20(16,17)18/h1-8H,(H2,13,15)(H,16,17,18). The third-order valence-corrected chi connectivity index (χ3v) is 3.00. The zero-order valence-corrected chi connectivity index (χ0v) is 11.0. The molecule has 0 aliphatic heterocycles. The third kappa shape index (κ3) is 3.53. The zero-order chi connectivity index (χ0) is 14.6. The monoisotopic (exact) mass is 293 g/mol. The highest BCUT2D eigenvalue weighted by atomic mass is 32.2. The molecule has 0 aliphatic carbocycles. The molecule has 7 nitrogen and oxygen atoms in total. The van der Waals surface area contributed by atoms with E-state index in [4.69, 9.17) is 14.7 Å². The van der Waals surface area contributed by atoms with E-state index in [1.807, 2.05) is 18.2 Å². The summed E-state index contributed by atoms with van der Waals surface area (Å²) < 4.78 is 35.2. The number of hydrogen-bond donors (Lipinski definition) is 2. The summed E-state index contributed by atoms with van der Waals surface area (Å²) in [5.41, 5.74) is 6.41. The Morgan fingerprint density at radius 2 is 1.90 bits per heavy atom. The van der Waals surface area contributed by atoms with Gasteiger partial charge in [0, 0.05) is 5.56 Å². The Bertz CT molecular complexity index is 748. The fraction of sp³-hybridized carbons (Fsp3) is 0. The second-order valence-corrected chi connectivity index (χ2v) is 5.08.